The maximum Gasteiger partial charge on any atom is -0.00180 e. The predicted octanol–water partition coefficient (Wildman–Crippen LogP) is 3.06. The minimum Gasteiger partial charge on any atom is -0.316 e. The van der Waals surface area contributed by atoms with Crippen molar-refractivity contribution >= 4 is 0 Å². The van der Waals surface area contributed by atoms with Crippen LogP contribution in [-0.4, -0.2) is 13.1 Å². The van der Waals surface area contributed by atoms with Gasteiger partial charge in [-0.25, -0.2) is 0 Å². The third kappa shape index (κ3) is 4.10. The highest BCUT2D eigenvalue weighted by Crippen LogP contribution is 2.21. The van der Waals surface area contributed by atoms with E-state index in [4.69, 9.17) is 0 Å². The van der Waals surface area contributed by atoms with Crippen LogP contribution >= 0.6 is 0 Å². The molecule has 1 nitrogen and oxygen atoms in total. The molecule has 0 aromatic carbocycles. The second kappa shape index (κ2) is 7.60. The van der Waals surface area contributed by atoms with Gasteiger partial charge in [0.15, 0.2) is 0 Å². The summed E-state index contributed by atoms with van der Waals surface area (Å²) >= 11 is 0. The summed E-state index contributed by atoms with van der Waals surface area (Å²) in [6.45, 7) is 11.2. The summed E-state index contributed by atoms with van der Waals surface area (Å²) in [5.74, 6) is 1.88. The standard InChI is InChI=1S/C9H19N.C2H6/c1-3-8(2)9-5-4-6-10-7-9;1-2/h8-10H,3-7H2,1-2H3;1-2H3. The van der Waals surface area contributed by atoms with E-state index in [0.717, 1.165) is 11.8 Å². The fraction of sp³-hybridized carbons (Fsp3) is 1.00. The first-order valence-corrected chi connectivity index (χ1v) is 5.55. The summed E-state index contributed by atoms with van der Waals surface area (Å²) in [5, 5.41) is 3.45. The van der Waals surface area contributed by atoms with Crippen molar-refractivity contribution in [3.05, 3.63) is 0 Å². The van der Waals surface area contributed by atoms with Crippen LogP contribution in [0.3, 0.4) is 0 Å². The van der Waals surface area contributed by atoms with Gasteiger partial charge in [-0.1, -0.05) is 34.1 Å². The Balaban J connectivity index is 0.000000561. The Kier molecular flexibility index (Phi) is 7.58. The quantitative estimate of drug-likeness (QED) is 0.673. The molecule has 0 amide bonds. The molecule has 0 aromatic heterocycles. The number of nitrogens with one attached hydrogen (secondary N) is 1. The van der Waals surface area contributed by atoms with E-state index in [-0.39, 0.29) is 0 Å². The topological polar surface area (TPSA) is 12.0 Å². The smallest absolute Gasteiger partial charge is 0.00180 e. The molecule has 1 aliphatic heterocycles. The zero-order chi connectivity index (χ0) is 9.40. The lowest BCUT2D eigenvalue weighted by atomic mass is 9.86. The molecule has 1 rings (SSSR count). The van der Waals surface area contributed by atoms with Crippen LogP contribution in [0, 0.1) is 11.8 Å². The van der Waals surface area contributed by atoms with Crippen molar-refractivity contribution in [2.24, 2.45) is 11.8 Å². The lowest BCUT2D eigenvalue weighted by Gasteiger charge is -2.27. The number of hydrogen-bond donors (Lipinski definition) is 1. The summed E-state index contributed by atoms with van der Waals surface area (Å²) in [6, 6.07) is 0. The van der Waals surface area contributed by atoms with Crippen LogP contribution in [0.5, 0.6) is 0 Å². The van der Waals surface area contributed by atoms with Gasteiger partial charge in [-0.2, -0.15) is 0 Å². The molecule has 0 bridgehead atoms. The van der Waals surface area contributed by atoms with Crippen LogP contribution in [0.15, 0.2) is 0 Å². The highest BCUT2D eigenvalue weighted by Gasteiger charge is 2.17. The molecule has 2 unspecified atom stereocenters. The van der Waals surface area contributed by atoms with Gasteiger partial charge in [-0.15, -0.1) is 0 Å². The van der Waals surface area contributed by atoms with Gasteiger partial charge >= 0.3 is 0 Å². The van der Waals surface area contributed by atoms with E-state index in [1.807, 2.05) is 13.8 Å². The largest absolute Gasteiger partial charge is 0.316 e. The number of hydrogen-bond acceptors (Lipinski definition) is 1. The molecule has 1 heterocycles. The molecule has 0 radical (unpaired) electrons. The minimum atomic E-state index is 0.924. The van der Waals surface area contributed by atoms with Gasteiger partial charge in [0, 0.05) is 0 Å². The third-order valence-corrected chi connectivity index (χ3v) is 2.78. The van der Waals surface area contributed by atoms with E-state index >= 15 is 0 Å². The van der Waals surface area contributed by atoms with Gasteiger partial charge in [0.1, 0.15) is 0 Å². The Bertz CT molecular complexity index is 85.0. The molecule has 0 aromatic rings. The van der Waals surface area contributed by atoms with E-state index in [1.54, 1.807) is 0 Å². The van der Waals surface area contributed by atoms with Gasteiger partial charge in [0.25, 0.3) is 0 Å². The Hall–Kier alpha value is -0.0400. The van der Waals surface area contributed by atoms with Gasteiger partial charge in [0.05, 0.1) is 0 Å². The molecule has 12 heavy (non-hydrogen) atoms. The van der Waals surface area contributed by atoms with Crippen molar-refractivity contribution in [3.8, 4) is 0 Å². The van der Waals surface area contributed by atoms with Crippen LogP contribution < -0.4 is 5.32 Å². The van der Waals surface area contributed by atoms with Crippen LogP contribution in [-0.2, 0) is 0 Å². The highest BCUT2D eigenvalue weighted by atomic mass is 14.9. The first-order chi connectivity index (χ1) is 5.84. The van der Waals surface area contributed by atoms with Crippen molar-refractivity contribution in [3.63, 3.8) is 0 Å². The van der Waals surface area contributed by atoms with Crippen molar-refractivity contribution in [2.45, 2.75) is 47.0 Å². The van der Waals surface area contributed by atoms with E-state index in [0.29, 0.717) is 0 Å². The first-order valence-electron chi connectivity index (χ1n) is 5.55. The van der Waals surface area contributed by atoms with E-state index in [9.17, 15) is 0 Å². The molecule has 2 atom stereocenters. The third-order valence-electron chi connectivity index (χ3n) is 2.78. The second-order valence-corrected chi connectivity index (χ2v) is 3.49. The Morgan fingerprint density at radius 1 is 1.42 bits per heavy atom. The summed E-state index contributed by atoms with van der Waals surface area (Å²) in [7, 11) is 0. The molecule has 1 saturated heterocycles. The van der Waals surface area contributed by atoms with Crippen LogP contribution in [0.25, 0.3) is 0 Å². The maximum absolute atomic E-state index is 3.45. The normalized spacial score (nSPS) is 25.5. The zero-order valence-corrected chi connectivity index (χ0v) is 9.19. The van der Waals surface area contributed by atoms with Gasteiger partial charge in [0.2, 0.25) is 0 Å². The lowest BCUT2D eigenvalue weighted by Crippen LogP contribution is -2.33. The maximum atomic E-state index is 3.45. The summed E-state index contributed by atoms with van der Waals surface area (Å²) in [4.78, 5) is 0. The second-order valence-electron chi connectivity index (χ2n) is 3.49. The number of rotatable bonds is 2. The molecule has 0 aliphatic carbocycles. The first kappa shape index (κ1) is 12.0. The Morgan fingerprint density at radius 2 is 2.08 bits per heavy atom. The van der Waals surface area contributed by atoms with Gasteiger partial charge < -0.3 is 5.32 Å². The van der Waals surface area contributed by atoms with Crippen molar-refractivity contribution in [1.29, 1.82) is 0 Å². The van der Waals surface area contributed by atoms with Crippen molar-refractivity contribution in [2.75, 3.05) is 13.1 Å². The van der Waals surface area contributed by atoms with Crippen LogP contribution in [0.4, 0.5) is 0 Å². The van der Waals surface area contributed by atoms with Crippen molar-refractivity contribution < 1.29 is 0 Å². The van der Waals surface area contributed by atoms with E-state index in [2.05, 4.69) is 19.2 Å². The fourth-order valence-corrected chi connectivity index (χ4v) is 1.70. The average molecular weight is 171 g/mol. The molecular formula is C11H25N. The predicted molar refractivity (Wildman–Crippen MR) is 56.4 cm³/mol. The molecule has 1 heteroatoms. The summed E-state index contributed by atoms with van der Waals surface area (Å²) in [6.07, 6.45) is 4.17. The Labute approximate surface area is 77.9 Å². The van der Waals surface area contributed by atoms with Gasteiger partial charge in [-0.3, -0.25) is 0 Å². The Morgan fingerprint density at radius 3 is 2.50 bits per heavy atom. The molecular weight excluding hydrogens is 146 g/mol. The lowest BCUT2D eigenvalue weighted by molar-refractivity contribution is 0.274. The fourth-order valence-electron chi connectivity index (χ4n) is 1.70. The van der Waals surface area contributed by atoms with Gasteiger partial charge in [-0.05, 0) is 37.8 Å². The molecule has 74 valence electrons. The minimum absolute atomic E-state index is 0.924. The molecule has 1 N–H and O–H groups in total. The van der Waals surface area contributed by atoms with Crippen LogP contribution in [0.2, 0.25) is 0 Å². The molecule has 0 spiro atoms. The summed E-state index contributed by atoms with van der Waals surface area (Å²) < 4.78 is 0. The van der Waals surface area contributed by atoms with Crippen molar-refractivity contribution in [1.82, 2.24) is 5.32 Å². The molecule has 0 saturated carbocycles. The average Bonchev–Trinajstić information content (AvgIpc) is 2.21. The molecule has 1 fully saturated rings. The highest BCUT2D eigenvalue weighted by molar-refractivity contribution is 4.72. The monoisotopic (exact) mass is 171 g/mol. The van der Waals surface area contributed by atoms with Crippen LogP contribution in [0.1, 0.15) is 47.0 Å². The SMILES string of the molecule is CC.CCC(C)C1CCCNC1. The molecule has 1 aliphatic rings. The zero-order valence-electron chi connectivity index (χ0n) is 9.19. The van der Waals surface area contributed by atoms with E-state index < -0.39 is 0 Å². The summed E-state index contributed by atoms with van der Waals surface area (Å²) in [5.41, 5.74) is 0. The van der Waals surface area contributed by atoms with E-state index in [1.165, 1.54) is 32.4 Å². The number of piperidine rings is 1.